The van der Waals surface area contributed by atoms with Crippen molar-refractivity contribution < 1.29 is 9.90 Å². The zero-order valence-corrected chi connectivity index (χ0v) is 8.98. The summed E-state index contributed by atoms with van der Waals surface area (Å²) in [4.78, 5) is 10.2. The number of carboxylic acid groups (broad SMARTS) is 1. The summed E-state index contributed by atoms with van der Waals surface area (Å²) < 4.78 is 0. The van der Waals surface area contributed by atoms with E-state index < -0.39 is 5.97 Å². The van der Waals surface area contributed by atoms with Crippen LogP contribution in [0.5, 0.6) is 0 Å². The van der Waals surface area contributed by atoms with Crippen molar-refractivity contribution >= 4 is 17.7 Å². The molecule has 0 bridgehead atoms. The molecule has 0 aromatic heterocycles. The Morgan fingerprint density at radius 2 is 2.15 bits per heavy atom. The van der Waals surface area contributed by atoms with E-state index in [9.17, 15) is 4.79 Å². The van der Waals surface area contributed by atoms with Crippen LogP contribution in [0, 0.1) is 0 Å². The van der Waals surface area contributed by atoms with Crippen molar-refractivity contribution in [2.45, 2.75) is 38.6 Å². The van der Waals surface area contributed by atoms with Gasteiger partial charge in [0.05, 0.1) is 0 Å². The van der Waals surface area contributed by atoms with Crippen molar-refractivity contribution in [2.24, 2.45) is 5.73 Å². The highest BCUT2D eigenvalue weighted by Gasteiger charge is 1.97. The third-order valence-corrected chi connectivity index (χ3v) is 2.75. The fourth-order valence-corrected chi connectivity index (χ4v) is 2.00. The van der Waals surface area contributed by atoms with Crippen molar-refractivity contribution in [3.05, 3.63) is 0 Å². The highest BCUT2D eigenvalue weighted by Crippen LogP contribution is 2.08. The van der Waals surface area contributed by atoms with E-state index in [-0.39, 0.29) is 6.04 Å². The van der Waals surface area contributed by atoms with Gasteiger partial charge in [0, 0.05) is 12.5 Å². The van der Waals surface area contributed by atoms with E-state index >= 15 is 0 Å². The van der Waals surface area contributed by atoms with Gasteiger partial charge in [0.1, 0.15) is 0 Å². The predicted octanol–water partition coefficient (Wildman–Crippen LogP) is 1.71. The number of nitrogens with two attached hydrogens (primary N) is 1. The second-order valence-corrected chi connectivity index (χ2v) is 4.45. The van der Waals surface area contributed by atoms with Crippen molar-refractivity contribution in [3.8, 4) is 0 Å². The summed E-state index contributed by atoms with van der Waals surface area (Å²) >= 11 is 1.86. The lowest BCUT2D eigenvalue weighted by molar-refractivity contribution is -0.137. The molecule has 0 aliphatic rings. The molecule has 0 spiro atoms. The van der Waals surface area contributed by atoms with Crippen LogP contribution >= 0.6 is 11.8 Å². The van der Waals surface area contributed by atoms with E-state index in [1.54, 1.807) is 0 Å². The zero-order chi connectivity index (χ0) is 10.1. The maximum Gasteiger partial charge on any atom is 0.303 e. The molecule has 1 unspecified atom stereocenters. The first-order chi connectivity index (χ1) is 6.13. The van der Waals surface area contributed by atoms with Crippen LogP contribution in [0.3, 0.4) is 0 Å². The molecule has 1 atom stereocenters. The first kappa shape index (κ1) is 12.8. The maximum atomic E-state index is 10.2. The number of carboxylic acids is 1. The average Bonchev–Trinajstić information content (AvgIpc) is 2.01. The van der Waals surface area contributed by atoms with Crippen LogP contribution in [0.4, 0.5) is 0 Å². The van der Waals surface area contributed by atoms with E-state index in [1.165, 1.54) is 0 Å². The largest absolute Gasteiger partial charge is 0.481 e. The minimum atomic E-state index is -0.694. The van der Waals surface area contributed by atoms with E-state index in [2.05, 4.69) is 0 Å². The molecule has 0 saturated carbocycles. The van der Waals surface area contributed by atoms with Crippen molar-refractivity contribution in [1.29, 1.82) is 0 Å². The third kappa shape index (κ3) is 11.8. The first-order valence-corrected chi connectivity index (χ1v) is 5.83. The molecule has 0 saturated heterocycles. The van der Waals surface area contributed by atoms with E-state index in [4.69, 9.17) is 10.8 Å². The SMILES string of the molecule is CC(N)CCSCCCCC(=O)O. The number of unbranched alkanes of at least 4 members (excludes halogenated alkanes) is 1. The van der Waals surface area contributed by atoms with Crippen LogP contribution in [0.2, 0.25) is 0 Å². The van der Waals surface area contributed by atoms with Crippen molar-refractivity contribution in [2.75, 3.05) is 11.5 Å². The molecule has 0 aromatic rings. The zero-order valence-electron chi connectivity index (χ0n) is 8.16. The first-order valence-electron chi connectivity index (χ1n) is 4.68. The Bertz CT molecular complexity index is 140. The minimum absolute atomic E-state index is 0.284. The lowest BCUT2D eigenvalue weighted by Crippen LogP contribution is -2.15. The molecule has 0 radical (unpaired) electrons. The number of thioether (sulfide) groups is 1. The van der Waals surface area contributed by atoms with Crippen LogP contribution < -0.4 is 5.73 Å². The number of hydrogen-bond acceptors (Lipinski definition) is 3. The molecule has 13 heavy (non-hydrogen) atoms. The summed E-state index contributed by atoms with van der Waals surface area (Å²) in [6, 6.07) is 0.284. The number of aliphatic carboxylic acids is 1. The van der Waals surface area contributed by atoms with Crippen LogP contribution in [0.15, 0.2) is 0 Å². The van der Waals surface area contributed by atoms with Crippen LogP contribution in [-0.4, -0.2) is 28.6 Å². The molecule has 0 aromatic carbocycles. The van der Waals surface area contributed by atoms with Gasteiger partial charge in [-0.05, 0) is 37.7 Å². The standard InChI is InChI=1S/C9H19NO2S/c1-8(10)5-7-13-6-3-2-4-9(11)12/h8H,2-7,10H2,1H3,(H,11,12). The minimum Gasteiger partial charge on any atom is -0.481 e. The van der Waals surface area contributed by atoms with Gasteiger partial charge in [-0.1, -0.05) is 0 Å². The number of rotatable bonds is 8. The summed E-state index contributed by atoms with van der Waals surface area (Å²) in [5.41, 5.74) is 5.58. The van der Waals surface area contributed by atoms with Crippen molar-refractivity contribution in [1.82, 2.24) is 0 Å². The van der Waals surface area contributed by atoms with Gasteiger partial charge in [0.15, 0.2) is 0 Å². The van der Waals surface area contributed by atoms with Gasteiger partial charge in [-0.25, -0.2) is 0 Å². The van der Waals surface area contributed by atoms with E-state index in [0.29, 0.717) is 6.42 Å². The Hall–Kier alpha value is -0.220. The smallest absolute Gasteiger partial charge is 0.303 e. The van der Waals surface area contributed by atoms with Crippen LogP contribution in [0.1, 0.15) is 32.6 Å². The Balaban J connectivity index is 2.96. The molecule has 0 fully saturated rings. The highest BCUT2D eigenvalue weighted by atomic mass is 32.2. The molecule has 0 heterocycles. The molecule has 0 amide bonds. The van der Waals surface area contributed by atoms with Gasteiger partial charge in [-0.15, -0.1) is 0 Å². The van der Waals surface area contributed by atoms with Gasteiger partial charge in [0.2, 0.25) is 0 Å². The molecule has 0 rings (SSSR count). The van der Waals surface area contributed by atoms with Crippen LogP contribution in [-0.2, 0) is 4.79 Å². The molecule has 3 N–H and O–H groups in total. The molecular formula is C9H19NO2S. The van der Waals surface area contributed by atoms with Gasteiger partial charge in [0.25, 0.3) is 0 Å². The van der Waals surface area contributed by atoms with Gasteiger partial charge < -0.3 is 10.8 Å². The normalized spacial score (nSPS) is 12.8. The lowest BCUT2D eigenvalue weighted by atomic mass is 10.2. The van der Waals surface area contributed by atoms with Gasteiger partial charge in [-0.3, -0.25) is 4.79 Å². The highest BCUT2D eigenvalue weighted by molar-refractivity contribution is 7.99. The monoisotopic (exact) mass is 205 g/mol. The van der Waals surface area contributed by atoms with E-state index in [1.807, 2.05) is 18.7 Å². The molecule has 4 heteroatoms. The fourth-order valence-electron chi connectivity index (χ4n) is 0.852. The van der Waals surface area contributed by atoms with Gasteiger partial charge >= 0.3 is 5.97 Å². The molecule has 3 nitrogen and oxygen atoms in total. The van der Waals surface area contributed by atoms with Crippen LogP contribution in [0.25, 0.3) is 0 Å². The summed E-state index contributed by atoms with van der Waals surface area (Å²) in [5.74, 6) is 1.45. The number of carbonyl (C=O) groups is 1. The molecule has 0 aliphatic heterocycles. The Morgan fingerprint density at radius 1 is 1.46 bits per heavy atom. The fraction of sp³-hybridized carbons (Fsp3) is 0.889. The lowest BCUT2D eigenvalue weighted by Gasteiger charge is -2.03. The van der Waals surface area contributed by atoms with Gasteiger partial charge in [-0.2, -0.15) is 11.8 Å². The quantitative estimate of drug-likeness (QED) is 0.592. The van der Waals surface area contributed by atoms with Crippen molar-refractivity contribution in [3.63, 3.8) is 0 Å². The third-order valence-electron chi connectivity index (χ3n) is 1.65. The summed E-state index contributed by atoms with van der Waals surface area (Å²) in [5, 5.41) is 8.37. The average molecular weight is 205 g/mol. The Labute approximate surface area is 84.1 Å². The second kappa shape index (κ2) is 8.38. The Morgan fingerprint density at radius 3 is 2.69 bits per heavy atom. The molecular weight excluding hydrogens is 186 g/mol. The predicted molar refractivity (Wildman–Crippen MR) is 57.1 cm³/mol. The maximum absolute atomic E-state index is 10.2. The summed E-state index contributed by atoms with van der Waals surface area (Å²) in [6.45, 7) is 2.00. The molecule has 78 valence electrons. The molecule has 0 aliphatic carbocycles. The Kier molecular flexibility index (Phi) is 8.24. The van der Waals surface area contributed by atoms with E-state index in [0.717, 1.165) is 30.8 Å². The topological polar surface area (TPSA) is 63.3 Å². The second-order valence-electron chi connectivity index (χ2n) is 3.23. The summed E-state index contributed by atoms with van der Waals surface area (Å²) in [6.07, 6.45) is 3.13. The summed E-state index contributed by atoms with van der Waals surface area (Å²) in [7, 11) is 0. The number of hydrogen-bond donors (Lipinski definition) is 2.